The highest BCUT2D eigenvalue weighted by atomic mass is 16.4. The van der Waals surface area contributed by atoms with E-state index >= 15 is 0 Å². The molecule has 0 saturated heterocycles. The van der Waals surface area contributed by atoms with Crippen molar-refractivity contribution in [1.82, 2.24) is 15.0 Å². The van der Waals surface area contributed by atoms with E-state index in [9.17, 15) is 19.8 Å². The largest absolute Gasteiger partial charge is 0.479 e. The number of hydrogen-bond donors (Lipinski definition) is 2. The normalized spacial score (nSPS) is 11.5. The van der Waals surface area contributed by atoms with Crippen LogP contribution >= 0.6 is 0 Å². The smallest absolute Gasteiger partial charge is 0.358 e. The lowest BCUT2D eigenvalue weighted by Gasteiger charge is -2.22. The Kier molecular flexibility index (Phi) is 3.74. The summed E-state index contributed by atoms with van der Waals surface area (Å²) in [6.45, 7) is 6.73. The maximum absolute atomic E-state index is 11.5. The predicted octanol–water partition coefficient (Wildman–Crippen LogP) is 2.08. The van der Waals surface area contributed by atoms with Gasteiger partial charge in [0.2, 0.25) is 0 Å². The average molecular weight is 303 g/mol. The van der Waals surface area contributed by atoms with E-state index < -0.39 is 17.5 Å². The molecule has 7 nitrogen and oxygen atoms in total. The molecule has 0 amide bonds. The topological polar surface area (TPSA) is 105 Å². The molecule has 116 valence electrons. The molecule has 0 radical (unpaired) electrons. The van der Waals surface area contributed by atoms with E-state index in [0.29, 0.717) is 5.56 Å². The van der Waals surface area contributed by atoms with Crippen molar-refractivity contribution >= 4 is 11.9 Å². The van der Waals surface area contributed by atoms with E-state index in [2.05, 4.69) is 10.3 Å². The number of hydrogen-bond acceptors (Lipinski definition) is 4. The molecule has 0 bridgehead atoms. The summed E-state index contributed by atoms with van der Waals surface area (Å²) in [4.78, 5) is 22.9. The Morgan fingerprint density at radius 3 is 2.27 bits per heavy atom. The minimum Gasteiger partial charge on any atom is -0.479 e. The molecule has 0 spiro atoms. The van der Waals surface area contributed by atoms with Gasteiger partial charge in [0.05, 0.1) is 0 Å². The molecule has 1 aromatic carbocycles. The Labute approximate surface area is 127 Å². The van der Waals surface area contributed by atoms with Gasteiger partial charge in [-0.25, -0.2) is 14.3 Å². The summed E-state index contributed by atoms with van der Waals surface area (Å²) < 4.78 is 1.14. The van der Waals surface area contributed by atoms with Crippen LogP contribution in [0.3, 0.4) is 0 Å². The molecular weight excluding hydrogens is 286 g/mol. The highest BCUT2D eigenvalue weighted by molar-refractivity contribution is 5.93. The van der Waals surface area contributed by atoms with Crippen LogP contribution in [0.5, 0.6) is 0 Å². The number of carbonyl (C=O) groups is 2. The van der Waals surface area contributed by atoms with E-state index in [1.807, 2.05) is 19.9 Å². The van der Waals surface area contributed by atoms with Gasteiger partial charge in [-0.2, -0.15) is 0 Å². The second-order valence-electron chi connectivity index (χ2n) is 5.67. The first kappa shape index (κ1) is 15.7. The van der Waals surface area contributed by atoms with Gasteiger partial charge < -0.3 is 10.2 Å². The molecule has 0 aliphatic carbocycles. The lowest BCUT2D eigenvalue weighted by molar-refractivity contribution is -0.146. The number of carboxylic acid groups (broad SMARTS) is 2. The molecular formula is C15H17N3O4. The first-order valence-corrected chi connectivity index (χ1v) is 6.66. The summed E-state index contributed by atoms with van der Waals surface area (Å²) in [5.41, 5.74) is 1.08. The van der Waals surface area contributed by atoms with E-state index in [-0.39, 0.29) is 11.4 Å². The Balaban J connectivity index is 2.76. The maximum atomic E-state index is 11.5. The number of aryl methyl sites for hydroxylation is 2. The lowest BCUT2D eigenvalue weighted by atomic mass is 10.0. The molecule has 0 fully saturated rings. The second kappa shape index (κ2) is 5.25. The van der Waals surface area contributed by atoms with E-state index in [4.69, 9.17) is 0 Å². The molecule has 0 saturated carbocycles. The molecule has 1 heterocycles. The Bertz CT molecular complexity index is 762. The molecule has 2 aromatic rings. The highest BCUT2D eigenvalue weighted by Gasteiger charge is 2.36. The van der Waals surface area contributed by atoms with E-state index in [1.54, 1.807) is 12.1 Å². The lowest BCUT2D eigenvalue weighted by Crippen LogP contribution is -2.37. The van der Waals surface area contributed by atoms with Crippen molar-refractivity contribution in [3.63, 3.8) is 0 Å². The van der Waals surface area contributed by atoms with Gasteiger partial charge in [-0.1, -0.05) is 17.3 Å². The van der Waals surface area contributed by atoms with Crippen LogP contribution in [0.4, 0.5) is 0 Å². The van der Waals surface area contributed by atoms with Crippen LogP contribution in [0.2, 0.25) is 0 Å². The van der Waals surface area contributed by atoms with Crippen LogP contribution in [0.15, 0.2) is 18.2 Å². The summed E-state index contributed by atoms with van der Waals surface area (Å²) in [6.07, 6.45) is 0. The van der Waals surface area contributed by atoms with Gasteiger partial charge in [-0.05, 0) is 44.9 Å². The molecule has 1 aromatic heterocycles. The fourth-order valence-electron chi connectivity index (χ4n) is 2.06. The molecule has 0 atom stereocenters. The second-order valence-corrected chi connectivity index (χ2v) is 5.67. The molecule has 22 heavy (non-hydrogen) atoms. The van der Waals surface area contributed by atoms with Crippen molar-refractivity contribution in [3.8, 4) is 11.3 Å². The minimum atomic E-state index is -1.42. The zero-order valence-corrected chi connectivity index (χ0v) is 12.8. The standard InChI is InChI=1S/C15H17N3O4/c1-8-5-6-10(7-9(8)2)12-11(13(19)20)16-17-18(12)15(3,4)14(21)22/h5-7H,1-4H3,(H,19,20)(H,21,22). The molecule has 2 rings (SSSR count). The predicted molar refractivity (Wildman–Crippen MR) is 78.8 cm³/mol. The van der Waals surface area contributed by atoms with Crippen LogP contribution in [0, 0.1) is 13.8 Å². The van der Waals surface area contributed by atoms with Crippen molar-refractivity contribution in [2.75, 3.05) is 0 Å². The van der Waals surface area contributed by atoms with Gasteiger partial charge >= 0.3 is 11.9 Å². The summed E-state index contributed by atoms with van der Waals surface area (Å²) in [5, 5.41) is 26.1. The highest BCUT2D eigenvalue weighted by Crippen LogP contribution is 2.29. The molecule has 2 N–H and O–H groups in total. The number of carboxylic acids is 2. The van der Waals surface area contributed by atoms with Crippen LogP contribution in [0.1, 0.15) is 35.5 Å². The summed E-state index contributed by atoms with van der Waals surface area (Å²) in [7, 11) is 0. The molecule has 7 heteroatoms. The third kappa shape index (κ3) is 2.45. The number of aromatic nitrogens is 3. The zero-order chi connectivity index (χ0) is 16.7. The van der Waals surface area contributed by atoms with Gasteiger partial charge in [0, 0.05) is 5.56 Å². The number of rotatable bonds is 4. The van der Waals surface area contributed by atoms with Gasteiger partial charge in [0.15, 0.2) is 11.2 Å². The van der Waals surface area contributed by atoms with Gasteiger partial charge in [0.1, 0.15) is 5.69 Å². The van der Waals surface area contributed by atoms with Crippen LogP contribution in [0.25, 0.3) is 11.3 Å². The van der Waals surface area contributed by atoms with Crippen LogP contribution in [-0.4, -0.2) is 37.1 Å². The maximum Gasteiger partial charge on any atom is 0.358 e. The quantitative estimate of drug-likeness (QED) is 0.895. The summed E-state index contributed by atoms with van der Waals surface area (Å²) >= 11 is 0. The Hall–Kier alpha value is -2.70. The van der Waals surface area contributed by atoms with Crippen molar-refractivity contribution in [3.05, 3.63) is 35.0 Å². The third-order valence-electron chi connectivity index (χ3n) is 3.71. The molecule has 0 aliphatic heterocycles. The Morgan fingerprint density at radius 2 is 1.77 bits per heavy atom. The SMILES string of the molecule is Cc1ccc(-c2c(C(=O)O)nnn2C(C)(C)C(=O)O)cc1C. The monoisotopic (exact) mass is 303 g/mol. The summed E-state index contributed by atoms with van der Waals surface area (Å²) in [5.74, 6) is -2.37. The zero-order valence-electron chi connectivity index (χ0n) is 12.8. The molecule has 0 unspecified atom stereocenters. The number of aromatic carboxylic acids is 1. The van der Waals surface area contributed by atoms with Crippen molar-refractivity contribution in [2.45, 2.75) is 33.2 Å². The van der Waals surface area contributed by atoms with Crippen molar-refractivity contribution in [1.29, 1.82) is 0 Å². The molecule has 0 aliphatic rings. The Morgan fingerprint density at radius 1 is 1.14 bits per heavy atom. The minimum absolute atomic E-state index is 0.183. The van der Waals surface area contributed by atoms with Gasteiger partial charge in [-0.15, -0.1) is 5.10 Å². The van der Waals surface area contributed by atoms with Crippen LogP contribution in [-0.2, 0) is 10.3 Å². The number of nitrogens with zero attached hydrogens (tertiary/aromatic N) is 3. The van der Waals surface area contributed by atoms with E-state index in [0.717, 1.165) is 15.8 Å². The third-order valence-corrected chi connectivity index (χ3v) is 3.71. The fourth-order valence-corrected chi connectivity index (χ4v) is 2.06. The summed E-state index contributed by atoms with van der Waals surface area (Å²) in [6, 6.07) is 5.39. The van der Waals surface area contributed by atoms with Crippen LogP contribution < -0.4 is 0 Å². The first-order chi connectivity index (χ1) is 10.2. The fraction of sp³-hybridized carbons (Fsp3) is 0.333. The van der Waals surface area contributed by atoms with Gasteiger partial charge in [0.25, 0.3) is 0 Å². The van der Waals surface area contributed by atoms with Gasteiger partial charge in [-0.3, -0.25) is 0 Å². The number of aliphatic carboxylic acids is 1. The number of benzene rings is 1. The van der Waals surface area contributed by atoms with E-state index in [1.165, 1.54) is 13.8 Å². The average Bonchev–Trinajstić information content (AvgIpc) is 2.87. The first-order valence-electron chi connectivity index (χ1n) is 6.66. The van der Waals surface area contributed by atoms with Crippen molar-refractivity contribution < 1.29 is 19.8 Å². The van der Waals surface area contributed by atoms with Crippen molar-refractivity contribution in [2.24, 2.45) is 0 Å².